The molecule has 0 heterocycles. The molecule has 2 rings (SSSR count). The molecule has 0 aliphatic rings. The molecule has 0 N–H and O–H groups in total. The number of thioether (sulfide) groups is 1. The molecule has 2 aromatic rings. The molecule has 1 unspecified atom stereocenters. The predicted molar refractivity (Wildman–Crippen MR) is 84.6 cm³/mol. The lowest BCUT2D eigenvalue weighted by Gasteiger charge is -2.15. The molecule has 98 valence electrons. The molecule has 2 aromatic carbocycles. The molecule has 0 saturated carbocycles. The van der Waals surface area contributed by atoms with Gasteiger partial charge in [-0.25, -0.2) is 0 Å². The van der Waals surface area contributed by atoms with E-state index in [-0.39, 0.29) is 5.25 Å². The molecule has 0 aliphatic carbocycles. The first kappa shape index (κ1) is 14.4. The second-order valence-electron chi connectivity index (χ2n) is 4.33. The summed E-state index contributed by atoms with van der Waals surface area (Å²) in [7, 11) is 0. The van der Waals surface area contributed by atoms with Crippen molar-refractivity contribution in [2.45, 2.75) is 23.5 Å². The zero-order valence-corrected chi connectivity index (χ0v) is 13.1. The Morgan fingerprint density at radius 3 is 2.58 bits per heavy atom. The Labute approximate surface area is 126 Å². The maximum atomic E-state index is 10.9. The number of aldehydes is 1. The maximum Gasteiger partial charge on any atom is 0.121 e. The van der Waals surface area contributed by atoms with E-state index in [2.05, 4.69) is 53.2 Å². The van der Waals surface area contributed by atoms with E-state index in [1.807, 2.05) is 18.2 Å². The molecule has 0 bridgehead atoms. The lowest BCUT2D eigenvalue weighted by Crippen LogP contribution is -1.95. The molecular formula is C16H15BrOS. The highest BCUT2D eigenvalue weighted by Gasteiger charge is 2.12. The van der Waals surface area contributed by atoms with Gasteiger partial charge in [-0.1, -0.05) is 46.3 Å². The Morgan fingerprint density at radius 1 is 1.21 bits per heavy atom. The van der Waals surface area contributed by atoms with E-state index in [0.717, 1.165) is 10.8 Å². The first-order valence-electron chi connectivity index (χ1n) is 6.12. The fourth-order valence-electron chi connectivity index (χ4n) is 1.86. The first-order valence-corrected chi connectivity index (χ1v) is 7.79. The van der Waals surface area contributed by atoms with E-state index in [1.165, 1.54) is 16.0 Å². The minimum absolute atomic E-state index is 0.180. The van der Waals surface area contributed by atoms with E-state index in [0.29, 0.717) is 6.42 Å². The average molecular weight is 335 g/mol. The van der Waals surface area contributed by atoms with Gasteiger partial charge in [-0.05, 0) is 36.2 Å². The van der Waals surface area contributed by atoms with Gasteiger partial charge >= 0.3 is 0 Å². The molecular weight excluding hydrogens is 320 g/mol. The summed E-state index contributed by atoms with van der Waals surface area (Å²) in [6.45, 7) is 2.07. The van der Waals surface area contributed by atoms with Crippen molar-refractivity contribution in [3.05, 3.63) is 64.1 Å². The fraction of sp³-hybridized carbons (Fsp3) is 0.188. The van der Waals surface area contributed by atoms with Crippen LogP contribution in [0.4, 0.5) is 0 Å². The molecule has 0 aliphatic heterocycles. The molecule has 0 saturated heterocycles. The molecule has 0 aromatic heterocycles. The Bertz CT molecular complexity index is 554. The molecule has 0 radical (unpaired) electrons. The van der Waals surface area contributed by atoms with Crippen LogP contribution in [0.1, 0.15) is 22.8 Å². The molecule has 0 amide bonds. The summed E-state index contributed by atoms with van der Waals surface area (Å²) in [5.74, 6) is 0. The summed E-state index contributed by atoms with van der Waals surface area (Å²) in [6.07, 6.45) is 1.53. The zero-order valence-electron chi connectivity index (χ0n) is 10.7. The number of carbonyl (C=O) groups excluding carboxylic acids is 1. The van der Waals surface area contributed by atoms with Crippen LogP contribution < -0.4 is 0 Å². The van der Waals surface area contributed by atoms with Gasteiger partial charge in [0.15, 0.2) is 0 Å². The van der Waals surface area contributed by atoms with Gasteiger partial charge < -0.3 is 4.79 Å². The quantitative estimate of drug-likeness (QED) is 0.553. The van der Waals surface area contributed by atoms with Crippen LogP contribution in [0.15, 0.2) is 57.9 Å². The van der Waals surface area contributed by atoms with Crippen molar-refractivity contribution in [2.24, 2.45) is 0 Å². The highest BCUT2D eigenvalue weighted by molar-refractivity contribution is 9.10. The van der Waals surface area contributed by atoms with Gasteiger partial charge in [-0.15, -0.1) is 11.8 Å². The van der Waals surface area contributed by atoms with E-state index in [9.17, 15) is 4.79 Å². The smallest absolute Gasteiger partial charge is 0.121 e. The molecule has 19 heavy (non-hydrogen) atoms. The summed E-state index contributed by atoms with van der Waals surface area (Å²) < 4.78 is 1.11. The number of rotatable bonds is 5. The third-order valence-electron chi connectivity index (χ3n) is 2.89. The molecule has 0 spiro atoms. The summed E-state index contributed by atoms with van der Waals surface area (Å²) in [6, 6.07) is 16.5. The third kappa shape index (κ3) is 3.95. The second-order valence-corrected chi connectivity index (χ2v) is 6.46. The topological polar surface area (TPSA) is 17.1 Å². The van der Waals surface area contributed by atoms with Gasteiger partial charge in [0, 0.05) is 21.0 Å². The summed E-state index contributed by atoms with van der Waals surface area (Å²) >= 11 is 5.24. The molecule has 1 atom stereocenters. The number of benzene rings is 2. The van der Waals surface area contributed by atoms with Crippen LogP contribution >= 0.6 is 27.7 Å². The van der Waals surface area contributed by atoms with Crippen molar-refractivity contribution in [3.8, 4) is 0 Å². The van der Waals surface area contributed by atoms with E-state index in [4.69, 9.17) is 0 Å². The van der Waals surface area contributed by atoms with Crippen molar-refractivity contribution < 1.29 is 4.79 Å². The number of hydrogen-bond acceptors (Lipinski definition) is 2. The first-order chi connectivity index (χ1) is 9.20. The largest absolute Gasteiger partial charge is 0.303 e. The van der Waals surface area contributed by atoms with Gasteiger partial charge in [0.25, 0.3) is 0 Å². The van der Waals surface area contributed by atoms with Gasteiger partial charge in [0.2, 0.25) is 0 Å². The number of aryl methyl sites for hydroxylation is 1. The fourth-order valence-corrected chi connectivity index (χ4v) is 3.30. The zero-order chi connectivity index (χ0) is 13.7. The van der Waals surface area contributed by atoms with Gasteiger partial charge in [0.05, 0.1) is 0 Å². The maximum absolute atomic E-state index is 10.9. The Morgan fingerprint density at radius 2 is 1.95 bits per heavy atom. The van der Waals surface area contributed by atoms with E-state index in [1.54, 1.807) is 11.8 Å². The Hall–Kier alpha value is -1.06. The van der Waals surface area contributed by atoms with Crippen LogP contribution in [0.25, 0.3) is 0 Å². The normalized spacial score (nSPS) is 12.1. The molecule has 0 fully saturated rings. The standard InChI is InChI=1S/C16H15BrOS/c1-12-11-14(7-8-15(12)17)19-16(9-10-18)13-5-3-2-4-6-13/h2-8,10-11,16H,9H2,1H3. The minimum Gasteiger partial charge on any atom is -0.303 e. The van der Waals surface area contributed by atoms with E-state index < -0.39 is 0 Å². The SMILES string of the molecule is Cc1cc(SC(CC=O)c2ccccc2)ccc1Br. The van der Waals surface area contributed by atoms with Crippen LogP contribution in [0.5, 0.6) is 0 Å². The van der Waals surface area contributed by atoms with Crippen LogP contribution in [0, 0.1) is 6.92 Å². The minimum atomic E-state index is 0.180. The van der Waals surface area contributed by atoms with E-state index >= 15 is 0 Å². The highest BCUT2D eigenvalue weighted by atomic mass is 79.9. The Kier molecular flexibility index (Phi) is 5.23. The monoisotopic (exact) mass is 334 g/mol. The van der Waals surface area contributed by atoms with Gasteiger partial charge in [0.1, 0.15) is 6.29 Å². The summed E-state index contributed by atoms with van der Waals surface area (Å²) in [5.41, 5.74) is 2.41. The number of hydrogen-bond donors (Lipinski definition) is 0. The lowest BCUT2D eigenvalue weighted by molar-refractivity contribution is -0.107. The van der Waals surface area contributed by atoms with Crippen LogP contribution in [0.2, 0.25) is 0 Å². The van der Waals surface area contributed by atoms with Crippen molar-refractivity contribution in [1.82, 2.24) is 0 Å². The number of halogens is 1. The Balaban J connectivity index is 2.21. The van der Waals surface area contributed by atoms with Crippen LogP contribution in [-0.2, 0) is 4.79 Å². The van der Waals surface area contributed by atoms with Crippen LogP contribution in [-0.4, -0.2) is 6.29 Å². The second kappa shape index (κ2) is 6.92. The summed E-state index contributed by atoms with van der Waals surface area (Å²) in [4.78, 5) is 12.1. The highest BCUT2D eigenvalue weighted by Crippen LogP contribution is 2.38. The predicted octanol–water partition coefficient (Wildman–Crippen LogP) is 5.18. The number of carbonyl (C=O) groups is 1. The van der Waals surface area contributed by atoms with Crippen molar-refractivity contribution >= 4 is 34.0 Å². The van der Waals surface area contributed by atoms with Gasteiger partial charge in [-0.2, -0.15) is 0 Å². The lowest BCUT2D eigenvalue weighted by atomic mass is 10.1. The third-order valence-corrected chi connectivity index (χ3v) is 5.05. The van der Waals surface area contributed by atoms with Crippen molar-refractivity contribution in [1.29, 1.82) is 0 Å². The van der Waals surface area contributed by atoms with Crippen molar-refractivity contribution in [3.63, 3.8) is 0 Å². The molecule has 1 nitrogen and oxygen atoms in total. The average Bonchev–Trinajstić information content (AvgIpc) is 2.43. The summed E-state index contributed by atoms with van der Waals surface area (Å²) in [5, 5.41) is 0.180. The van der Waals surface area contributed by atoms with Gasteiger partial charge in [-0.3, -0.25) is 0 Å². The molecule has 3 heteroatoms. The van der Waals surface area contributed by atoms with Crippen molar-refractivity contribution in [2.75, 3.05) is 0 Å². The van der Waals surface area contributed by atoms with Crippen LogP contribution in [0.3, 0.4) is 0 Å².